The summed E-state index contributed by atoms with van der Waals surface area (Å²) in [6.07, 6.45) is 0. The van der Waals surface area contributed by atoms with Gasteiger partial charge in [-0.3, -0.25) is 0 Å². The van der Waals surface area contributed by atoms with Gasteiger partial charge < -0.3 is 18.9 Å². The molecule has 11 heavy (non-hydrogen) atoms. The van der Waals surface area contributed by atoms with Crippen molar-refractivity contribution in [3.05, 3.63) is 0 Å². The molecular formula is C4H9Li2O4P. The summed E-state index contributed by atoms with van der Waals surface area (Å²) in [5, 5.41) is 0. The van der Waals surface area contributed by atoms with E-state index in [0.29, 0.717) is 0 Å². The van der Waals surface area contributed by atoms with E-state index in [1.807, 2.05) is 0 Å². The average Bonchev–Trinajstić information content (AvgIpc) is 1.14. The van der Waals surface area contributed by atoms with Crippen molar-refractivity contribution in [3.63, 3.8) is 0 Å². The minimum absolute atomic E-state index is 0. The molecule has 7 heteroatoms. The zero-order valence-corrected chi connectivity index (χ0v) is 8.47. The van der Waals surface area contributed by atoms with Crippen molar-refractivity contribution >= 4 is 7.82 Å². The first-order valence-corrected chi connectivity index (χ1v) is 3.90. The van der Waals surface area contributed by atoms with Gasteiger partial charge in [0.25, 0.3) is 0 Å². The van der Waals surface area contributed by atoms with Crippen molar-refractivity contribution in [1.29, 1.82) is 0 Å². The fourth-order valence-electron chi connectivity index (χ4n) is 0.335. The first kappa shape index (κ1) is 18.2. The van der Waals surface area contributed by atoms with Gasteiger partial charge in [-0.1, -0.05) is 0 Å². The zero-order chi connectivity index (χ0) is 7.71. The standard InChI is InChI=1S/C4H11O4P.2Li/c1-4(2,3)8-9(5,6)7;;/h1-3H3,(H2,5,6,7);;/q;2*+1/p-2. The maximum absolute atomic E-state index is 9.90. The molecule has 0 fully saturated rings. The van der Waals surface area contributed by atoms with E-state index in [0.717, 1.165) is 0 Å². The molecule has 0 aromatic carbocycles. The quantitative estimate of drug-likeness (QED) is 0.287. The maximum atomic E-state index is 9.90. The molecule has 0 heterocycles. The van der Waals surface area contributed by atoms with Gasteiger partial charge in [-0.05, 0) is 20.8 Å². The molecule has 0 atom stereocenters. The third-order valence-electron chi connectivity index (χ3n) is 0.386. The largest absolute Gasteiger partial charge is 1.00 e. The molecule has 0 saturated heterocycles. The second kappa shape index (κ2) is 5.87. The number of rotatable bonds is 1. The predicted octanol–water partition coefficient (Wildman–Crippen LogP) is -6.36. The van der Waals surface area contributed by atoms with Gasteiger partial charge in [-0.25, -0.2) is 0 Å². The Balaban J connectivity index is -0.000000320. The van der Waals surface area contributed by atoms with E-state index in [1.54, 1.807) is 0 Å². The fourth-order valence-corrected chi connectivity index (χ4v) is 1.01. The average molecular weight is 166 g/mol. The summed E-state index contributed by atoms with van der Waals surface area (Å²) in [5.41, 5.74) is -0.904. The van der Waals surface area contributed by atoms with Crippen LogP contribution in [0.1, 0.15) is 20.8 Å². The molecule has 0 N–H and O–H groups in total. The van der Waals surface area contributed by atoms with Crippen LogP contribution in [0.25, 0.3) is 0 Å². The summed E-state index contributed by atoms with van der Waals surface area (Å²) < 4.78 is 14.0. The molecule has 0 aliphatic rings. The molecule has 0 amide bonds. The Morgan fingerprint density at radius 3 is 1.45 bits per heavy atom. The van der Waals surface area contributed by atoms with Crippen molar-refractivity contribution < 1.29 is 56.6 Å². The Hall–Kier alpha value is 1.30. The molecule has 0 bridgehead atoms. The SMILES string of the molecule is CC(C)(C)OP(=O)([O-])[O-].[Li+].[Li+]. The first-order chi connectivity index (χ1) is 3.71. The van der Waals surface area contributed by atoms with E-state index < -0.39 is 13.4 Å². The number of hydrogen-bond acceptors (Lipinski definition) is 4. The monoisotopic (exact) mass is 166 g/mol. The molecule has 0 unspecified atom stereocenters. The Labute approximate surface area is 90.7 Å². The van der Waals surface area contributed by atoms with E-state index in [9.17, 15) is 14.4 Å². The van der Waals surface area contributed by atoms with Crippen molar-refractivity contribution in [2.24, 2.45) is 0 Å². The molecule has 0 aromatic rings. The van der Waals surface area contributed by atoms with Crippen molar-refractivity contribution in [1.82, 2.24) is 0 Å². The van der Waals surface area contributed by atoms with E-state index in [-0.39, 0.29) is 37.7 Å². The van der Waals surface area contributed by atoms with Gasteiger partial charge >= 0.3 is 37.7 Å². The van der Waals surface area contributed by atoms with Crippen LogP contribution >= 0.6 is 7.82 Å². The van der Waals surface area contributed by atoms with Crippen LogP contribution in [0, 0.1) is 0 Å². The molecular weight excluding hydrogens is 157 g/mol. The summed E-state index contributed by atoms with van der Waals surface area (Å²) in [6, 6.07) is 0. The molecule has 0 aliphatic carbocycles. The number of phosphoric ester groups is 1. The Bertz CT molecular complexity index is 138. The molecule has 4 nitrogen and oxygen atoms in total. The summed E-state index contributed by atoms with van der Waals surface area (Å²) in [6.45, 7) is 4.49. The van der Waals surface area contributed by atoms with Crippen LogP contribution in [0.15, 0.2) is 0 Å². The molecule has 56 valence electrons. The first-order valence-electron chi connectivity index (χ1n) is 2.43. The second-order valence-corrected chi connectivity index (χ2v) is 3.73. The zero-order valence-electron chi connectivity index (χ0n) is 7.58. The summed E-state index contributed by atoms with van der Waals surface area (Å²) in [7, 11) is -4.79. The second-order valence-electron chi connectivity index (χ2n) is 2.65. The van der Waals surface area contributed by atoms with Gasteiger partial charge in [-0.2, -0.15) is 0 Å². The van der Waals surface area contributed by atoms with Crippen LogP contribution < -0.4 is 47.5 Å². The minimum atomic E-state index is -4.79. The van der Waals surface area contributed by atoms with Crippen molar-refractivity contribution in [3.8, 4) is 0 Å². The van der Waals surface area contributed by atoms with Crippen LogP contribution in [0.3, 0.4) is 0 Å². The van der Waals surface area contributed by atoms with Crippen LogP contribution in [-0.4, -0.2) is 5.60 Å². The van der Waals surface area contributed by atoms with Crippen molar-refractivity contribution in [2.45, 2.75) is 26.4 Å². The predicted molar refractivity (Wildman–Crippen MR) is 28.4 cm³/mol. The molecule has 0 saturated carbocycles. The Morgan fingerprint density at radius 1 is 1.18 bits per heavy atom. The normalized spacial score (nSPS) is 11.4. The summed E-state index contributed by atoms with van der Waals surface area (Å²) in [4.78, 5) is 19.8. The topological polar surface area (TPSA) is 72.4 Å². The minimum Gasteiger partial charge on any atom is -0.790 e. The third-order valence-corrected chi connectivity index (χ3v) is 1.16. The molecule has 0 radical (unpaired) electrons. The summed E-state index contributed by atoms with van der Waals surface area (Å²) in [5.74, 6) is 0. The van der Waals surface area contributed by atoms with Gasteiger partial charge in [0.15, 0.2) is 0 Å². The van der Waals surface area contributed by atoms with Crippen molar-refractivity contribution in [2.75, 3.05) is 0 Å². The van der Waals surface area contributed by atoms with E-state index in [2.05, 4.69) is 4.52 Å². The Kier molecular flexibility index (Phi) is 9.69. The van der Waals surface area contributed by atoms with Crippen LogP contribution in [0.4, 0.5) is 0 Å². The van der Waals surface area contributed by atoms with Crippen LogP contribution in [0.5, 0.6) is 0 Å². The molecule has 0 rings (SSSR count). The summed E-state index contributed by atoms with van der Waals surface area (Å²) >= 11 is 0. The van der Waals surface area contributed by atoms with Crippen LogP contribution in [0.2, 0.25) is 0 Å². The van der Waals surface area contributed by atoms with Gasteiger partial charge in [0.2, 0.25) is 0 Å². The van der Waals surface area contributed by atoms with Gasteiger partial charge in [0.05, 0.1) is 13.4 Å². The number of hydrogen-bond donors (Lipinski definition) is 0. The van der Waals surface area contributed by atoms with E-state index >= 15 is 0 Å². The maximum Gasteiger partial charge on any atom is 1.00 e. The van der Waals surface area contributed by atoms with Gasteiger partial charge in [0, 0.05) is 0 Å². The van der Waals surface area contributed by atoms with E-state index in [1.165, 1.54) is 20.8 Å². The molecule has 0 aliphatic heterocycles. The smallest absolute Gasteiger partial charge is 0.790 e. The molecule has 0 spiro atoms. The van der Waals surface area contributed by atoms with Gasteiger partial charge in [-0.15, -0.1) is 0 Å². The van der Waals surface area contributed by atoms with Crippen LogP contribution in [-0.2, 0) is 9.09 Å². The third kappa shape index (κ3) is 18.3. The van der Waals surface area contributed by atoms with E-state index in [4.69, 9.17) is 0 Å². The number of phosphoric acid groups is 1. The Morgan fingerprint density at radius 2 is 1.45 bits per heavy atom. The fraction of sp³-hybridized carbons (Fsp3) is 1.00. The molecule has 0 aromatic heterocycles. The van der Waals surface area contributed by atoms with Gasteiger partial charge in [0.1, 0.15) is 0 Å².